The molecule has 0 aromatic carbocycles. The summed E-state index contributed by atoms with van der Waals surface area (Å²) in [6, 6.07) is 1.85. The third-order valence-electron chi connectivity index (χ3n) is 2.71. The van der Waals surface area contributed by atoms with Crippen molar-refractivity contribution in [2.75, 3.05) is 6.54 Å². The molecule has 1 aliphatic rings. The third-order valence-corrected chi connectivity index (χ3v) is 2.71. The standard InChI is InChI=1S/C10H14N4O2/c1-14-8(2-3-13-14)6-12-10(16)7-4-9(15)11-5-7/h2-3,7H,4-6H2,1H3,(H,11,15)(H,12,16). The maximum absolute atomic E-state index is 11.7. The van der Waals surface area contributed by atoms with Crippen molar-refractivity contribution in [1.29, 1.82) is 0 Å². The van der Waals surface area contributed by atoms with Crippen LogP contribution in [-0.4, -0.2) is 28.1 Å². The van der Waals surface area contributed by atoms with E-state index in [1.807, 2.05) is 13.1 Å². The van der Waals surface area contributed by atoms with Crippen molar-refractivity contribution in [2.24, 2.45) is 13.0 Å². The summed E-state index contributed by atoms with van der Waals surface area (Å²) in [5.74, 6) is -0.374. The van der Waals surface area contributed by atoms with Crippen LogP contribution in [0.25, 0.3) is 0 Å². The molecule has 2 rings (SSSR count). The number of hydrogen-bond acceptors (Lipinski definition) is 3. The van der Waals surface area contributed by atoms with Gasteiger partial charge in [0.15, 0.2) is 0 Å². The molecule has 0 radical (unpaired) electrons. The van der Waals surface area contributed by atoms with Gasteiger partial charge in [0.25, 0.3) is 0 Å². The molecular formula is C10H14N4O2. The summed E-state index contributed by atoms with van der Waals surface area (Å²) < 4.78 is 1.71. The van der Waals surface area contributed by atoms with Crippen LogP contribution in [0.3, 0.4) is 0 Å². The van der Waals surface area contributed by atoms with E-state index >= 15 is 0 Å². The van der Waals surface area contributed by atoms with Gasteiger partial charge in [-0.3, -0.25) is 14.3 Å². The van der Waals surface area contributed by atoms with Crippen molar-refractivity contribution in [3.8, 4) is 0 Å². The first-order valence-corrected chi connectivity index (χ1v) is 5.18. The third kappa shape index (κ3) is 2.21. The molecule has 0 saturated carbocycles. The molecule has 1 aliphatic heterocycles. The Bertz CT molecular complexity index is 413. The smallest absolute Gasteiger partial charge is 0.225 e. The maximum Gasteiger partial charge on any atom is 0.225 e. The zero-order chi connectivity index (χ0) is 11.5. The lowest BCUT2D eigenvalue weighted by Gasteiger charge is -2.08. The first-order chi connectivity index (χ1) is 7.66. The summed E-state index contributed by atoms with van der Waals surface area (Å²) in [6.07, 6.45) is 1.97. The molecule has 6 nitrogen and oxygen atoms in total. The SMILES string of the molecule is Cn1nccc1CNC(=O)C1CNC(=O)C1. The van der Waals surface area contributed by atoms with E-state index in [1.54, 1.807) is 10.9 Å². The average Bonchev–Trinajstić information content (AvgIpc) is 2.84. The number of aromatic nitrogens is 2. The monoisotopic (exact) mass is 222 g/mol. The van der Waals surface area contributed by atoms with E-state index in [0.717, 1.165) is 5.69 Å². The summed E-state index contributed by atoms with van der Waals surface area (Å²) in [7, 11) is 1.82. The molecule has 0 spiro atoms. The highest BCUT2D eigenvalue weighted by molar-refractivity contribution is 5.89. The van der Waals surface area contributed by atoms with E-state index in [0.29, 0.717) is 13.1 Å². The predicted molar refractivity (Wildman–Crippen MR) is 56.2 cm³/mol. The molecule has 0 bridgehead atoms. The summed E-state index contributed by atoms with van der Waals surface area (Å²) in [5, 5.41) is 9.44. The molecule has 16 heavy (non-hydrogen) atoms. The lowest BCUT2D eigenvalue weighted by molar-refractivity contribution is -0.126. The Morgan fingerprint density at radius 1 is 1.75 bits per heavy atom. The Labute approximate surface area is 93.0 Å². The van der Waals surface area contributed by atoms with Crippen LogP contribution in [0.5, 0.6) is 0 Å². The topological polar surface area (TPSA) is 76.0 Å². The van der Waals surface area contributed by atoms with Crippen molar-refractivity contribution in [2.45, 2.75) is 13.0 Å². The van der Waals surface area contributed by atoms with Crippen LogP contribution >= 0.6 is 0 Å². The second-order valence-electron chi connectivity index (χ2n) is 3.87. The van der Waals surface area contributed by atoms with Crippen LogP contribution in [0.1, 0.15) is 12.1 Å². The number of nitrogens with one attached hydrogen (secondary N) is 2. The first-order valence-electron chi connectivity index (χ1n) is 5.18. The Kier molecular flexibility index (Phi) is 2.89. The van der Waals surface area contributed by atoms with E-state index in [-0.39, 0.29) is 24.2 Å². The highest BCUT2D eigenvalue weighted by Gasteiger charge is 2.27. The number of rotatable bonds is 3. The van der Waals surface area contributed by atoms with Gasteiger partial charge >= 0.3 is 0 Å². The number of amides is 2. The van der Waals surface area contributed by atoms with Gasteiger partial charge < -0.3 is 10.6 Å². The molecule has 2 heterocycles. The van der Waals surface area contributed by atoms with Crippen molar-refractivity contribution < 1.29 is 9.59 Å². The minimum Gasteiger partial charge on any atom is -0.355 e. The molecule has 0 aliphatic carbocycles. The predicted octanol–water partition coefficient (Wildman–Crippen LogP) is -0.828. The fourth-order valence-electron chi connectivity index (χ4n) is 1.69. The van der Waals surface area contributed by atoms with Crippen LogP contribution in [0.4, 0.5) is 0 Å². The first kappa shape index (κ1) is 10.7. The van der Waals surface area contributed by atoms with Crippen molar-refractivity contribution in [3.05, 3.63) is 18.0 Å². The Morgan fingerprint density at radius 2 is 2.56 bits per heavy atom. The van der Waals surface area contributed by atoms with Gasteiger partial charge in [-0.25, -0.2) is 0 Å². The average molecular weight is 222 g/mol. The molecule has 1 saturated heterocycles. The van der Waals surface area contributed by atoms with Crippen molar-refractivity contribution in [1.82, 2.24) is 20.4 Å². The second-order valence-corrected chi connectivity index (χ2v) is 3.87. The Balaban J connectivity index is 1.84. The highest BCUT2D eigenvalue weighted by atomic mass is 16.2. The van der Waals surface area contributed by atoms with Gasteiger partial charge in [0.2, 0.25) is 11.8 Å². The number of carbonyl (C=O) groups excluding carboxylic acids is 2. The van der Waals surface area contributed by atoms with E-state index in [4.69, 9.17) is 0 Å². The summed E-state index contributed by atoms with van der Waals surface area (Å²) in [6.45, 7) is 0.885. The second kappa shape index (κ2) is 4.34. The molecule has 1 fully saturated rings. The van der Waals surface area contributed by atoms with Gasteiger partial charge in [-0.15, -0.1) is 0 Å². The van der Waals surface area contributed by atoms with E-state index in [9.17, 15) is 9.59 Å². The molecule has 2 N–H and O–H groups in total. The summed E-state index contributed by atoms with van der Waals surface area (Å²) in [5.41, 5.74) is 0.936. The zero-order valence-electron chi connectivity index (χ0n) is 9.06. The fraction of sp³-hybridized carbons (Fsp3) is 0.500. The molecule has 1 atom stereocenters. The molecule has 1 unspecified atom stereocenters. The summed E-state index contributed by atoms with van der Waals surface area (Å²) in [4.78, 5) is 22.6. The van der Waals surface area contributed by atoms with E-state index in [1.165, 1.54) is 0 Å². The largest absolute Gasteiger partial charge is 0.355 e. The van der Waals surface area contributed by atoms with Gasteiger partial charge in [0.05, 0.1) is 18.2 Å². The Morgan fingerprint density at radius 3 is 3.12 bits per heavy atom. The number of hydrogen-bond donors (Lipinski definition) is 2. The van der Waals surface area contributed by atoms with Gasteiger partial charge in [0.1, 0.15) is 0 Å². The lowest BCUT2D eigenvalue weighted by Crippen LogP contribution is -2.32. The molecule has 6 heteroatoms. The maximum atomic E-state index is 11.7. The molecule has 1 aromatic rings. The van der Waals surface area contributed by atoms with Gasteiger partial charge in [-0.2, -0.15) is 5.10 Å². The molecule has 2 amide bonds. The minimum absolute atomic E-state index is 0.0549. The van der Waals surface area contributed by atoms with E-state index < -0.39 is 0 Å². The fourth-order valence-corrected chi connectivity index (χ4v) is 1.69. The zero-order valence-corrected chi connectivity index (χ0v) is 9.06. The van der Waals surface area contributed by atoms with Crippen LogP contribution in [0, 0.1) is 5.92 Å². The van der Waals surface area contributed by atoms with Crippen molar-refractivity contribution in [3.63, 3.8) is 0 Å². The number of nitrogens with zero attached hydrogens (tertiary/aromatic N) is 2. The summed E-state index contributed by atoms with van der Waals surface area (Å²) >= 11 is 0. The molecule has 86 valence electrons. The van der Waals surface area contributed by atoms with Crippen LogP contribution < -0.4 is 10.6 Å². The molecular weight excluding hydrogens is 208 g/mol. The normalized spacial score (nSPS) is 19.6. The lowest BCUT2D eigenvalue weighted by atomic mass is 10.1. The van der Waals surface area contributed by atoms with Crippen LogP contribution in [-0.2, 0) is 23.2 Å². The Hall–Kier alpha value is -1.85. The quantitative estimate of drug-likeness (QED) is 0.701. The van der Waals surface area contributed by atoms with Gasteiger partial charge in [-0.05, 0) is 6.07 Å². The van der Waals surface area contributed by atoms with Crippen LogP contribution in [0.2, 0.25) is 0 Å². The van der Waals surface area contributed by atoms with E-state index in [2.05, 4.69) is 15.7 Å². The number of aryl methyl sites for hydroxylation is 1. The van der Waals surface area contributed by atoms with Gasteiger partial charge in [-0.1, -0.05) is 0 Å². The van der Waals surface area contributed by atoms with Crippen molar-refractivity contribution >= 4 is 11.8 Å². The van der Waals surface area contributed by atoms with Crippen LogP contribution in [0.15, 0.2) is 12.3 Å². The minimum atomic E-state index is -0.235. The highest BCUT2D eigenvalue weighted by Crippen LogP contribution is 2.08. The van der Waals surface area contributed by atoms with Gasteiger partial charge in [0, 0.05) is 26.2 Å². The number of carbonyl (C=O) groups is 2. The molecule has 1 aromatic heterocycles.